The smallest absolute Gasteiger partial charge is 0.183 e. The van der Waals surface area contributed by atoms with Crippen LogP contribution in [0.2, 0.25) is 0 Å². The van der Waals surface area contributed by atoms with Gasteiger partial charge < -0.3 is 4.74 Å². The molecule has 12 heavy (non-hydrogen) atoms. The second-order valence-electron chi connectivity index (χ2n) is 3.48. The second-order valence-corrected chi connectivity index (χ2v) is 3.48. The molecule has 0 amide bonds. The van der Waals surface area contributed by atoms with Gasteiger partial charge in [0.2, 0.25) is 0 Å². The van der Waals surface area contributed by atoms with Gasteiger partial charge in [-0.1, -0.05) is 20.8 Å². The van der Waals surface area contributed by atoms with Gasteiger partial charge >= 0.3 is 0 Å². The minimum Gasteiger partial charge on any atom is -0.478 e. The van der Waals surface area contributed by atoms with Crippen LogP contribution in [0.1, 0.15) is 46.5 Å². The van der Waals surface area contributed by atoms with Gasteiger partial charge in [0.05, 0.1) is 5.54 Å². The average Bonchev–Trinajstić information content (AvgIpc) is 2.50. The van der Waals surface area contributed by atoms with E-state index in [4.69, 9.17) is 4.74 Å². The number of hydrogen-bond acceptors (Lipinski definition) is 2. The number of nitrogens with zero attached hydrogens (tertiary/aromatic N) is 1. The van der Waals surface area contributed by atoms with Crippen LogP contribution in [0.5, 0.6) is 0 Å². The summed E-state index contributed by atoms with van der Waals surface area (Å²) in [7, 11) is 0. The summed E-state index contributed by atoms with van der Waals surface area (Å²) in [4.78, 5) is 4.64. The Morgan fingerprint density at radius 1 is 1.33 bits per heavy atom. The van der Waals surface area contributed by atoms with Crippen molar-refractivity contribution >= 4 is 5.90 Å². The molecule has 0 aromatic heterocycles. The Morgan fingerprint density at radius 3 is 2.42 bits per heavy atom. The van der Waals surface area contributed by atoms with E-state index in [0.717, 1.165) is 38.2 Å². The highest BCUT2D eigenvalue weighted by molar-refractivity contribution is 5.78. The third-order valence-electron chi connectivity index (χ3n) is 2.65. The van der Waals surface area contributed by atoms with E-state index in [2.05, 4.69) is 25.8 Å². The van der Waals surface area contributed by atoms with Crippen molar-refractivity contribution in [3.05, 3.63) is 0 Å². The van der Waals surface area contributed by atoms with Crippen molar-refractivity contribution in [3.63, 3.8) is 0 Å². The Hall–Kier alpha value is -0.530. The summed E-state index contributed by atoms with van der Waals surface area (Å²) < 4.78 is 5.54. The molecule has 70 valence electrons. The van der Waals surface area contributed by atoms with E-state index in [9.17, 15) is 0 Å². The molecule has 1 rings (SSSR count). The largest absolute Gasteiger partial charge is 0.478 e. The molecule has 0 bridgehead atoms. The fraction of sp³-hybridized carbons (Fsp3) is 0.900. The van der Waals surface area contributed by atoms with Gasteiger partial charge in [-0.2, -0.15) is 0 Å². The predicted octanol–water partition coefficient (Wildman–Crippen LogP) is 2.77. The van der Waals surface area contributed by atoms with E-state index >= 15 is 0 Å². The third kappa shape index (κ3) is 1.79. The van der Waals surface area contributed by atoms with Crippen LogP contribution in [0, 0.1) is 0 Å². The van der Waals surface area contributed by atoms with Gasteiger partial charge in [-0.15, -0.1) is 0 Å². The number of rotatable bonds is 4. The van der Waals surface area contributed by atoms with E-state index in [0.29, 0.717) is 0 Å². The summed E-state index contributed by atoms with van der Waals surface area (Å²) >= 11 is 0. The minimum atomic E-state index is 0.116. The van der Waals surface area contributed by atoms with Crippen molar-refractivity contribution < 1.29 is 4.74 Å². The zero-order valence-electron chi connectivity index (χ0n) is 8.39. The van der Waals surface area contributed by atoms with E-state index in [-0.39, 0.29) is 5.54 Å². The van der Waals surface area contributed by atoms with Crippen LogP contribution in [0.15, 0.2) is 4.99 Å². The summed E-state index contributed by atoms with van der Waals surface area (Å²) in [6, 6.07) is 0. The monoisotopic (exact) mass is 169 g/mol. The molecule has 0 atom stereocenters. The Morgan fingerprint density at radius 2 is 2.00 bits per heavy atom. The van der Waals surface area contributed by atoms with Crippen LogP contribution in [0.3, 0.4) is 0 Å². The van der Waals surface area contributed by atoms with Gasteiger partial charge in [-0.25, -0.2) is 4.99 Å². The molecule has 0 aromatic rings. The average molecular weight is 169 g/mol. The molecule has 2 heteroatoms. The lowest BCUT2D eigenvalue weighted by Gasteiger charge is -2.18. The first kappa shape index (κ1) is 9.56. The summed E-state index contributed by atoms with van der Waals surface area (Å²) in [5.41, 5.74) is 0.116. The van der Waals surface area contributed by atoms with Crippen LogP contribution in [-0.2, 0) is 4.74 Å². The van der Waals surface area contributed by atoms with Gasteiger partial charge in [0.1, 0.15) is 6.61 Å². The van der Waals surface area contributed by atoms with Crippen molar-refractivity contribution in [1.82, 2.24) is 0 Å². The molecule has 1 aliphatic heterocycles. The van der Waals surface area contributed by atoms with E-state index < -0.39 is 0 Å². The molecule has 1 aliphatic rings. The molecule has 0 aliphatic carbocycles. The molecule has 2 nitrogen and oxygen atoms in total. The first-order valence-corrected chi connectivity index (χ1v) is 4.98. The molecule has 0 saturated carbocycles. The minimum absolute atomic E-state index is 0.116. The Kier molecular flexibility index (Phi) is 3.12. The van der Waals surface area contributed by atoms with E-state index in [1.165, 1.54) is 0 Å². The lowest BCUT2D eigenvalue weighted by atomic mass is 9.96. The quantitative estimate of drug-likeness (QED) is 0.634. The van der Waals surface area contributed by atoms with Crippen molar-refractivity contribution in [2.75, 3.05) is 6.61 Å². The lowest BCUT2D eigenvalue weighted by molar-refractivity contribution is 0.240. The molecule has 0 aromatic carbocycles. The number of aliphatic imine (C=N–C) groups is 1. The summed E-state index contributed by atoms with van der Waals surface area (Å²) in [5, 5.41) is 0. The van der Waals surface area contributed by atoms with Gasteiger partial charge in [-0.3, -0.25) is 0 Å². The zero-order chi connectivity index (χ0) is 9.03. The van der Waals surface area contributed by atoms with Crippen molar-refractivity contribution in [3.8, 4) is 0 Å². The van der Waals surface area contributed by atoms with Crippen LogP contribution < -0.4 is 0 Å². The molecular weight excluding hydrogens is 150 g/mol. The normalized spacial score (nSPS) is 20.4. The van der Waals surface area contributed by atoms with Gasteiger partial charge in [-0.05, 0) is 19.3 Å². The Bertz CT molecular complexity index is 171. The van der Waals surface area contributed by atoms with Crippen LogP contribution in [-0.4, -0.2) is 18.0 Å². The summed E-state index contributed by atoms with van der Waals surface area (Å²) in [6.45, 7) is 7.33. The van der Waals surface area contributed by atoms with E-state index in [1.807, 2.05) is 0 Å². The lowest BCUT2D eigenvalue weighted by Crippen LogP contribution is -2.25. The Labute approximate surface area is 75.0 Å². The third-order valence-corrected chi connectivity index (χ3v) is 2.65. The fourth-order valence-corrected chi connectivity index (χ4v) is 1.50. The van der Waals surface area contributed by atoms with Gasteiger partial charge in [0, 0.05) is 6.42 Å². The molecule has 0 unspecified atom stereocenters. The Balaban J connectivity index is 2.59. The molecule has 0 spiro atoms. The van der Waals surface area contributed by atoms with Crippen LogP contribution in [0.25, 0.3) is 0 Å². The molecule has 0 N–H and O–H groups in total. The summed E-state index contributed by atoms with van der Waals surface area (Å²) in [5.74, 6) is 0.973. The first-order valence-electron chi connectivity index (χ1n) is 4.98. The summed E-state index contributed by atoms with van der Waals surface area (Å²) in [6.07, 6.45) is 4.32. The second kappa shape index (κ2) is 3.92. The first-order chi connectivity index (χ1) is 5.76. The highest BCUT2D eigenvalue weighted by Crippen LogP contribution is 2.27. The molecule has 0 radical (unpaired) electrons. The van der Waals surface area contributed by atoms with Gasteiger partial charge in [0.25, 0.3) is 0 Å². The molecule has 0 saturated heterocycles. The maximum atomic E-state index is 5.54. The number of ether oxygens (including phenoxy) is 1. The van der Waals surface area contributed by atoms with Crippen LogP contribution in [0.4, 0.5) is 0 Å². The molecular formula is C10H19NO. The van der Waals surface area contributed by atoms with Crippen molar-refractivity contribution in [2.45, 2.75) is 52.0 Å². The topological polar surface area (TPSA) is 21.6 Å². The SMILES string of the molecule is CCCC1=NC(CC)(CC)CO1. The molecule has 0 fully saturated rings. The van der Waals surface area contributed by atoms with Crippen molar-refractivity contribution in [2.24, 2.45) is 4.99 Å². The standard InChI is InChI=1S/C10H19NO/c1-4-7-9-11-10(5-2,6-3)8-12-9/h4-8H2,1-3H3. The van der Waals surface area contributed by atoms with Crippen LogP contribution >= 0.6 is 0 Å². The zero-order valence-corrected chi connectivity index (χ0v) is 8.39. The highest BCUT2D eigenvalue weighted by atomic mass is 16.5. The highest BCUT2D eigenvalue weighted by Gasteiger charge is 2.32. The van der Waals surface area contributed by atoms with Crippen molar-refractivity contribution in [1.29, 1.82) is 0 Å². The number of hydrogen-bond donors (Lipinski definition) is 0. The fourth-order valence-electron chi connectivity index (χ4n) is 1.50. The van der Waals surface area contributed by atoms with Gasteiger partial charge in [0.15, 0.2) is 5.90 Å². The van der Waals surface area contributed by atoms with E-state index in [1.54, 1.807) is 0 Å². The predicted molar refractivity (Wildman–Crippen MR) is 51.6 cm³/mol. The molecule has 1 heterocycles. The maximum Gasteiger partial charge on any atom is 0.183 e. The maximum absolute atomic E-state index is 5.54.